The SMILES string of the molecule is COc1ccc(CNC(=O)COC(=O)/C=C/c2ccc(OCC#N)c(OC)c2)cc1OC. The van der Waals surface area contributed by atoms with Crippen LogP contribution >= 0.6 is 0 Å². The van der Waals surface area contributed by atoms with Crippen molar-refractivity contribution in [3.63, 3.8) is 0 Å². The van der Waals surface area contributed by atoms with Gasteiger partial charge in [0.2, 0.25) is 0 Å². The summed E-state index contributed by atoms with van der Waals surface area (Å²) in [4.78, 5) is 23.9. The third-order valence-corrected chi connectivity index (χ3v) is 4.17. The van der Waals surface area contributed by atoms with Gasteiger partial charge in [0.05, 0.1) is 21.3 Å². The Bertz CT molecular complexity index is 1010. The van der Waals surface area contributed by atoms with E-state index in [9.17, 15) is 9.59 Å². The molecule has 0 fully saturated rings. The molecule has 0 bridgehead atoms. The number of carbonyl (C=O) groups is 2. The molecule has 0 radical (unpaired) electrons. The lowest BCUT2D eigenvalue weighted by Gasteiger charge is -2.10. The maximum absolute atomic E-state index is 12.0. The normalized spacial score (nSPS) is 10.2. The van der Waals surface area contributed by atoms with Crippen molar-refractivity contribution in [2.75, 3.05) is 34.5 Å². The van der Waals surface area contributed by atoms with Crippen LogP contribution in [-0.2, 0) is 20.9 Å². The minimum Gasteiger partial charge on any atom is -0.493 e. The molecule has 1 N–H and O–H groups in total. The third-order valence-electron chi connectivity index (χ3n) is 4.17. The van der Waals surface area contributed by atoms with E-state index in [1.54, 1.807) is 43.5 Å². The Morgan fingerprint density at radius 1 is 0.969 bits per heavy atom. The van der Waals surface area contributed by atoms with Gasteiger partial charge in [0.25, 0.3) is 5.91 Å². The number of esters is 1. The number of methoxy groups -OCH3 is 3. The Kier molecular flexibility index (Phi) is 9.40. The van der Waals surface area contributed by atoms with E-state index in [1.807, 2.05) is 6.07 Å². The molecule has 2 aromatic carbocycles. The van der Waals surface area contributed by atoms with Gasteiger partial charge in [-0.15, -0.1) is 0 Å². The molecule has 2 aromatic rings. The fraction of sp³-hybridized carbons (Fsp3) is 0.261. The smallest absolute Gasteiger partial charge is 0.331 e. The number of nitrogens with zero attached hydrogens (tertiary/aromatic N) is 1. The van der Waals surface area contributed by atoms with Crippen molar-refractivity contribution < 1.29 is 33.3 Å². The van der Waals surface area contributed by atoms with Gasteiger partial charge in [-0.25, -0.2) is 4.79 Å². The number of hydrogen-bond donors (Lipinski definition) is 1. The standard InChI is InChI=1S/C23H24N2O7/c1-28-18-7-5-17(13-20(18)29-2)14-25-22(26)15-32-23(27)9-6-16-4-8-19(31-11-10-24)21(12-16)30-3/h4-9,12-13H,11,14-15H2,1-3H3,(H,25,26)/b9-6+. The van der Waals surface area contributed by atoms with Gasteiger partial charge in [0.1, 0.15) is 6.07 Å². The summed E-state index contributed by atoms with van der Waals surface area (Å²) in [5, 5.41) is 11.3. The molecule has 9 heteroatoms. The zero-order valence-electron chi connectivity index (χ0n) is 18.0. The second-order valence-corrected chi connectivity index (χ2v) is 6.26. The topological polar surface area (TPSA) is 116 Å². The maximum Gasteiger partial charge on any atom is 0.331 e. The van der Waals surface area contributed by atoms with Crippen LogP contribution in [0.3, 0.4) is 0 Å². The fourth-order valence-electron chi connectivity index (χ4n) is 2.61. The van der Waals surface area contributed by atoms with E-state index in [-0.39, 0.29) is 13.2 Å². The van der Waals surface area contributed by atoms with Crippen LogP contribution < -0.4 is 24.3 Å². The van der Waals surface area contributed by atoms with E-state index in [0.29, 0.717) is 28.6 Å². The molecule has 0 saturated carbocycles. The molecule has 0 aliphatic heterocycles. The van der Waals surface area contributed by atoms with Gasteiger partial charge < -0.3 is 29.0 Å². The second-order valence-electron chi connectivity index (χ2n) is 6.26. The second kappa shape index (κ2) is 12.5. The van der Waals surface area contributed by atoms with Gasteiger partial charge >= 0.3 is 5.97 Å². The molecule has 2 rings (SSSR count). The highest BCUT2D eigenvalue weighted by molar-refractivity contribution is 5.89. The first-order chi connectivity index (χ1) is 15.5. The molecule has 9 nitrogen and oxygen atoms in total. The largest absolute Gasteiger partial charge is 0.493 e. The first-order valence-electron chi connectivity index (χ1n) is 9.51. The van der Waals surface area contributed by atoms with Crippen molar-refractivity contribution in [3.8, 4) is 29.1 Å². The quantitative estimate of drug-likeness (QED) is 0.419. The Balaban J connectivity index is 1.83. The lowest BCUT2D eigenvalue weighted by Crippen LogP contribution is -2.28. The average Bonchev–Trinajstić information content (AvgIpc) is 2.83. The molecule has 0 atom stereocenters. The molecule has 0 spiro atoms. The van der Waals surface area contributed by atoms with Crippen LogP contribution in [0.1, 0.15) is 11.1 Å². The first kappa shape index (κ1) is 24.1. The molecule has 0 unspecified atom stereocenters. The highest BCUT2D eigenvalue weighted by atomic mass is 16.5. The first-order valence-corrected chi connectivity index (χ1v) is 9.51. The van der Waals surface area contributed by atoms with Crippen molar-refractivity contribution in [2.45, 2.75) is 6.54 Å². The predicted octanol–water partition coefficient (Wildman–Crippen LogP) is 2.49. The average molecular weight is 440 g/mol. The van der Waals surface area contributed by atoms with Crippen molar-refractivity contribution >= 4 is 18.0 Å². The Morgan fingerprint density at radius 2 is 1.66 bits per heavy atom. The van der Waals surface area contributed by atoms with E-state index in [2.05, 4.69) is 5.32 Å². The van der Waals surface area contributed by atoms with Crippen LogP contribution in [0.5, 0.6) is 23.0 Å². The van der Waals surface area contributed by atoms with Crippen LogP contribution in [0.4, 0.5) is 0 Å². The molecular weight excluding hydrogens is 416 g/mol. The summed E-state index contributed by atoms with van der Waals surface area (Å²) in [7, 11) is 4.54. The summed E-state index contributed by atoms with van der Waals surface area (Å²) in [6.07, 6.45) is 2.71. The van der Waals surface area contributed by atoms with Crippen LogP contribution in [0.15, 0.2) is 42.5 Å². The molecule has 32 heavy (non-hydrogen) atoms. The molecule has 0 saturated heterocycles. The van der Waals surface area contributed by atoms with E-state index in [1.165, 1.54) is 26.4 Å². The van der Waals surface area contributed by atoms with Gasteiger partial charge in [-0.05, 0) is 41.5 Å². The zero-order chi connectivity index (χ0) is 23.3. The number of rotatable bonds is 11. The Hall–Kier alpha value is -4.19. The predicted molar refractivity (Wildman–Crippen MR) is 115 cm³/mol. The number of nitriles is 1. The minimum absolute atomic E-state index is 0.105. The van der Waals surface area contributed by atoms with Crippen molar-refractivity contribution in [2.24, 2.45) is 0 Å². The summed E-state index contributed by atoms with van der Waals surface area (Å²) in [6, 6.07) is 12.1. The molecule has 0 aromatic heterocycles. The van der Waals surface area contributed by atoms with Crippen molar-refractivity contribution in [1.29, 1.82) is 5.26 Å². The van der Waals surface area contributed by atoms with Crippen molar-refractivity contribution in [3.05, 3.63) is 53.6 Å². The van der Waals surface area contributed by atoms with Gasteiger partial charge in [0, 0.05) is 12.6 Å². The molecule has 0 aliphatic carbocycles. The van der Waals surface area contributed by atoms with Gasteiger partial charge in [-0.3, -0.25) is 4.79 Å². The number of amides is 1. The van der Waals surface area contributed by atoms with Crippen LogP contribution in [0.25, 0.3) is 6.08 Å². The molecule has 1 amide bonds. The number of hydrogen-bond acceptors (Lipinski definition) is 8. The zero-order valence-corrected chi connectivity index (χ0v) is 18.0. The fourth-order valence-corrected chi connectivity index (χ4v) is 2.61. The van der Waals surface area contributed by atoms with Crippen LogP contribution in [-0.4, -0.2) is 46.4 Å². The summed E-state index contributed by atoms with van der Waals surface area (Å²) in [5.74, 6) is 0.866. The molecule has 168 valence electrons. The molecule has 0 aliphatic rings. The summed E-state index contributed by atoms with van der Waals surface area (Å²) in [6.45, 7) is -0.279. The lowest BCUT2D eigenvalue weighted by molar-refractivity contribution is -0.143. The van der Waals surface area contributed by atoms with E-state index >= 15 is 0 Å². The molecular formula is C23H24N2O7. The van der Waals surface area contributed by atoms with E-state index in [0.717, 1.165) is 5.56 Å². The van der Waals surface area contributed by atoms with Gasteiger partial charge in [0.15, 0.2) is 36.2 Å². The Morgan fingerprint density at radius 3 is 2.34 bits per heavy atom. The minimum atomic E-state index is -0.671. The van der Waals surface area contributed by atoms with Crippen molar-refractivity contribution in [1.82, 2.24) is 5.32 Å². The van der Waals surface area contributed by atoms with Gasteiger partial charge in [-0.1, -0.05) is 12.1 Å². The van der Waals surface area contributed by atoms with E-state index < -0.39 is 18.5 Å². The van der Waals surface area contributed by atoms with Crippen LogP contribution in [0, 0.1) is 11.3 Å². The third kappa shape index (κ3) is 7.25. The number of benzene rings is 2. The number of nitrogens with one attached hydrogen (secondary N) is 1. The summed E-state index contributed by atoms with van der Waals surface area (Å²) in [5.41, 5.74) is 1.46. The number of carbonyl (C=O) groups excluding carboxylic acids is 2. The monoisotopic (exact) mass is 440 g/mol. The van der Waals surface area contributed by atoms with Crippen LogP contribution in [0.2, 0.25) is 0 Å². The molecule has 0 heterocycles. The number of ether oxygens (including phenoxy) is 5. The summed E-state index contributed by atoms with van der Waals surface area (Å²) < 4.78 is 25.8. The lowest BCUT2D eigenvalue weighted by atomic mass is 10.2. The Labute approximate surface area is 186 Å². The highest BCUT2D eigenvalue weighted by Crippen LogP contribution is 2.29. The van der Waals surface area contributed by atoms with E-state index in [4.69, 9.17) is 28.9 Å². The maximum atomic E-state index is 12.0. The highest BCUT2D eigenvalue weighted by Gasteiger charge is 2.09. The van der Waals surface area contributed by atoms with Gasteiger partial charge in [-0.2, -0.15) is 5.26 Å². The summed E-state index contributed by atoms with van der Waals surface area (Å²) >= 11 is 0.